The number of methoxy groups -OCH3 is 1. The van der Waals surface area contributed by atoms with Gasteiger partial charge in [0.25, 0.3) is 5.56 Å². The van der Waals surface area contributed by atoms with Crippen LogP contribution in [0.4, 0.5) is 30.4 Å². The first-order valence-electron chi connectivity index (χ1n) is 10.3. The molecule has 188 valence electrons. The number of nitrogens with zero attached hydrogens (tertiary/aromatic N) is 6. The second-order valence-electron chi connectivity index (χ2n) is 7.86. The highest BCUT2D eigenvalue weighted by Gasteiger charge is 2.34. The van der Waals surface area contributed by atoms with E-state index in [9.17, 15) is 18.0 Å². The Labute approximate surface area is 206 Å². The highest BCUT2D eigenvalue weighted by Crippen LogP contribution is 2.44. The Morgan fingerprint density at radius 2 is 1.92 bits per heavy atom. The third-order valence-electron chi connectivity index (χ3n) is 5.55. The van der Waals surface area contributed by atoms with E-state index in [4.69, 9.17) is 21.1 Å². The average Bonchev–Trinajstić information content (AvgIpc) is 3.38. The topological polar surface area (TPSA) is 111 Å². The van der Waals surface area contributed by atoms with Crippen LogP contribution < -0.4 is 30.6 Å². The van der Waals surface area contributed by atoms with Gasteiger partial charge in [-0.1, -0.05) is 11.6 Å². The third kappa shape index (κ3) is 3.98. The van der Waals surface area contributed by atoms with Crippen LogP contribution in [0.15, 0.2) is 41.8 Å². The van der Waals surface area contributed by atoms with Crippen LogP contribution in [0.25, 0.3) is 5.52 Å². The van der Waals surface area contributed by atoms with E-state index in [1.54, 1.807) is 18.1 Å². The van der Waals surface area contributed by atoms with Crippen molar-refractivity contribution in [1.82, 2.24) is 24.1 Å². The summed E-state index contributed by atoms with van der Waals surface area (Å²) in [6.07, 6.45) is 1.29. The Balaban J connectivity index is 1.42. The number of hydrogen-bond acceptors (Lipinski definition) is 9. The van der Waals surface area contributed by atoms with Gasteiger partial charge in [-0.2, -0.15) is 18.3 Å². The zero-order valence-corrected chi connectivity index (χ0v) is 19.7. The van der Waals surface area contributed by atoms with Gasteiger partial charge in [-0.25, -0.2) is 14.5 Å². The molecule has 0 aromatic carbocycles. The van der Waals surface area contributed by atoms with E-state index >= 15 is 0 Å². The number of aryl methyl sites for hydroxylation is 1. The maximum absolute atomic E-state index is 13.2. The lowest BCUT2D eigenvalue weighted by molar-refractivity contribution is -0.138. The molecule has 4 aromatic rings. The van der Waals surface area contributed by atoms with Gasteiger partial charge in [0, 0.05) is 20.3 Å². The van der Waals surface area contributed by atoms with Gasteiger partial charge in [0.1, 0.15) is 21.9 Å². The molecule has 0 saturated heterocycles. The van der Waals surface area contributed by atoms with Crippen molar-refractivity contribution in [2.24, 2.45) is 7.05 Å². The van der Waals surface area contributed by atoms with Crippen LogP contribution in [0.3, 0.4) is 0 Å². The van der Waals surface area contributed by atoms with E-state index in [2.05, 4.69) is 25.7 Å². The van der Waals surface area contributed by atoms with E-state index in [0.29, 0.717) is 28.7 Å². The number of nitrogens with one attached hydrogen (secondary N) is 2. The summed E-state index contributed by atoms with van der Waals surface area (Å²) in [6.45, 7) is 0. The van der Waals surface area contributed by atoms with Crippen molar-refractivity contribution in [3.63, 3.8) is 0 Å². The number of alkyl halides is 3. The van der Waals surface area contributed by atoms with E-state index in [1.165, 1.54) is 37.3 Å². The number of hydrogen-bond donors (Lipinski definition) is 2. The van der Waals surface area contributed by atoms with Crippen LogP contribution in [-0.4, -0.2) is 44.6 Å². The number of ether oxygens (including phenoxy) is 2. The Bertz CT molecular complexity index is 1540. The minimum absolute atomic E-state index is 0.192. The molecule has 5 heterocycles. The quantitative estimate of drug-likeness (QED) is 0.406. The van der Waals surface area contributed by atoms with Crippen LogP contribution in [0.5, 0.6) is 17.4 Å². The van der Waals surface area contributed by atoms with Crippen molar-refractivity contribution >= 4 is 34.3 Å². The van der Waals surface area contributed by atoms with Gasteiger partial charge < -0.3 is 29.6 Å². The Kier molecular flexibility index (Phi) is 5.54. The van der Waals surface area contributed by atoms with Crippen LogP contribution >= 0.6 is 11.6 Å². The zero-order chi connectivity index (χ0) is 25.8. The maximum atomic E-state index is 13.2. The zero-order valence-electron chi connectivity index (χ0n) is 19.0. The van der Waals surface area contributed by atoms with Gasteiger partial charge in [0.2, 0.25) is 5.88 Å². The van der Waals surface area contributed by atoms with E-state index in [0.717, 1.165) is 16.8 Å². The van der Waals surface area contributed by atoms with Crippen LogP contribution in [-0.2, 0) is 13.2 Å². The molecular weight excluding hydrogens is 505 g/mol. The third-order valence-corrected chi connectivity index (χ3v) is 5.92. The molecule has 11 nitrogen and oxygen atoms in total. The summed E-state index contributed by atoms with van der Waals surface area (Å²) < 4.78 is 53.2. The molecule has 0 aliphatic carbocycles. The van der Waals surface area contributed by atoms with Crippen LogP contribution in [0, 0.1) is 0 Å². The Morgan fingerprint density at radius 1 is 1.14 bits per heavy atom. The molecule has 0 fully saturated rings. The molecule has 15 heteroatoms. The summed E-state index contributed by atoms with van der Waals surface area (Å²) in [6, 6.07) is 0.763. The van der Waals surface area contributed by atoms with Gasteiger partial charge >= 0.3 is 6.18 Å². The minimum atomic E-state index is -4.62. The summed E-state index contributed by atoms with van der Waals surface area (Å²) in [5.41, 5.74) is -0.856. The molecule has 0 saturated carbocycles. The summed E-state index contributed by atoms with van der Waals surface area (Å²) in [5.74, 6) is 1.30. The predicted octanol–water partition coefficient (Wildman–Crippen LogP) is 3.55. The van der Waals surface area contributed by atoms with Crippen molar-refractivity contribution < 1.29 is 22.6 Å². The molecule has 1 unspecified atom stereocenters. The first-order valence-corrected chi connectivity index (χ1v) is 10.7. The summed E-state index contributed by atoms with van der Waals surface area (Å²) >= 11 is 6.62. The van der Waals surface area contributed by atoms with Gasteiger partial charge in [-0.3, -0.25) is 4.79 Å². The van der Waals surface area contributed by atoms with Crippen molar-refractivity contribution in [3.8, 4) is 17.4 Å². The number of aromatic nitrogens is 5. The Hall–Kier alpha value is -4.20. The number of pyridine rings is 2. The van der Waals surface area contributed by atoms with Gasteiger partial charge in [0.15, 0.2) is 23.6 Å². The van der Waals surface area contributed by atoms with Crippen LogP contribution in [0.2, 0.25) is 5.02 Å². The highest BCUT2D eigenvalue weighted by molar-refractivity contribution is 6.35. The number of rotatable bonds is 5. The minimum Gasteiger partial charge on any atom is -0.480 e. The number of anilines is 3. The monoisotopic (exact) mass is 522 g/mol. The lowest BCUT2D eigenvalue weighted by atomic mass is 10.2. The molecule has 4 aromatic heterocycles. The van der Waals surface area contributed by atoms with Crippen molar-refractivity contribution in [2.75, 3.05) is 29.7 Å². The highest BCUT2D eigenvalue weighted by atomic mass is 35.5. The molecule has 1 aliphatic rings. The molecule has 36 heavy (non-hydrogen) atoms. The molecule has 0 spiro atoms. The first-order chi connectivity index (χ1) is 17.1. The van der Waals surface area contributed by atoms with Gasteiger partial charge in [-0.05, 0) is 6.07 Å². The Morgan fingerprint density at radius 3 is 2.64 bits per heavy atom. The van der Waals surface area contributed by atoms with Gasteiger partial charge in [0.05, 0.1) is 37.5 Å². The first kappa shape index (κ1) is 23.5. The standard InChI is InChI=1S/C21H18ClF3N8O3/c1-31-8-10(21(23,24)25)4-11(19(31)34)29-20-30-18-17(32(20)2)16(22)14(6-27-18)36-13-7-28-33-9-15(35-3)26-5-12(13)33/h4-9,20,29H,1-3H3,(H,27,30). The van der Waals surface area contributed by atoms with Crippen LogP contribution in [0.1, 0.15) is 5.56 Å². The SMILES string of the molecule is COc1cn2ncc(Oc3cnc4c(c3Cl)N(C)C(Nc3cc(C(F)(F)F)cn(C)c3=O)N4)c2cn1. The van der Waals surface area contributed by atoms with E-state index in [-0.39, 0.29) is 16.5 Å². The molecule has 1 atom stereocenters. The normalized spacial score (nSPS) is 15.1. The lowest BCUT2D eigenvalue weighted by Gasteiger charge is -2.24. The second kappa shape index (κ2) is 8.48. The fourth-order valence-electron chi connectivity index (χ4n) is 3.71. The molecule has 5 rings (SSSR count). The molecule has 1 aliphatic heterocycles. The smallest absolute Gasteiger partial charge is 0.417 e. The fourth-order valence-corrected chi connectivity index (χ4v) is 4.02. The summed E-state index contributed by atoms with van der Waals surface area (Å²) in [5, 5.41) is 10.2. The van der Waals surface area contributed by atoms with Crippen molar-refractivity contribution in [1.29, 1.82) is 0 Å². The maximum Gasteiger partial charge on any atom is 0.417 e. The number of halogens is 4. The largest absolute Gasteiger partial charge is 0.480 e. The molecule has 0 radical (unpaired) electrons. The lowest BCUT2D eigenvalue weighted by Crippen LogP contribution is -2.41. The summed E-state index contributed by atoms with van der Waals surface area (Å²) in [7, 11) is 4.37. The molecular formula is C21H18ClF3N8O3. The van der Waals surface area contributed by atoms with E-state index < -0.39 is 23.6 Å². The van der Waals surface area contributed by atoms with Crippen molar-refractivity contribution in [2.45, 2.75) is 12.5 Å². The van der Waals surface area contributed by atoms with Crippen molar-refractivity contribution in [3.05, 3.63) is 58.0 Å². The predicted molar refractivity (Wildman–Crippen MR) is 125 cm³/mol. The number of fused-ring (bicyclic) bond motifs is 2. The fraction of sp³-hybridized carbons (Fsp3) is 0.238. The van der Waals surface area contributed by atoms with Gasteiger partial charge in [-0.15, -0.1) is 0 Å². The summed E-state index contributed by atoms with van der Waals surface area (Å²) in [4.78, 5) is 22.5. The second-order valence-corrected chi connectivity index (χ2v) is 8.24. The molecule has 0 bridgehead atoms. The average molecular weight is 523 g/mol. The molecule has 0 amide bonds. The van der Waals surface area contributed by atoms with E-state index in [1.807, 2.05) is 0 Å². The molecule has 2 N–H and O–H groups in total.